The standard InChI is InChI=1S/C11H19N5/c1-8-3-2-5-16(6-4-8)10-7-9(12)14-11(13)15-10/h7-8H,2-6H2,1H3,(H4,12,13,14,15). The molecular weight excluding hydrogens is 202 g/mol. The van der Waals surface area contributed by atoms with Crippen molar-refractivity contribution in [3.63, 3.8) is 0 Å². The van der Waals surface area contributed by atoms with Gasteiger partial charge >= 0.3 is 0 Å². The van der Waals surface area contributed by atoms with Crippen LogP contribution in [0.5, 0.6) is 0 Å². The fourth-order valence-corrected chi connectivity index (χ4v) is 2.13. The summed E-state index contributed by atoms with van der Waals surface area (Å²) >= 11 is 0. The van der Waals surface area contributed by atoms with E-state index in [1.54, 1.807) is 6.07 Å². The zero-order valence-corrected chi connectivity index (χ0v) is 9.69. The van der Waals surface area contributed by atoms with E-state index in [2.05, 4.69) is 21.8 Å². The van der Waals surface area contributed by atoms with Crippen molar-refractivity contribution in [3.8, 4) is 0 Å². The second kappa shape index (κ2) is 4.55. The first-order valence-electron chi connectivity index (χ1n) is 5.80. The number of hydrogen-bond donors (Lipinski definition) is 2. The molecule has 1 atom stereocenters. The Kier molecular flexibility index (Phi) is 3.12. The second-order valence-corrected chi connectivity index (χ2v) is 4.53. The summed E-state index contributed by atoms with van der Waals surface area (Å²) in [5.41, 5.74) is 11.3. The highest BCUT2D eigenvalue weighted by molar-refractivity contribution is 5.50. The molecule has 88 valence electrons. The topological polar surface area (TPSA) is 81.1 Å². The van der Waals surface area contributed by atoms with Gasteiger partial charge < -0.3 is 16.4 Å². The number of nitrogen functional groups attached to an aromatic ring is 2. The third-order valence-corrected chi connectivity index (χ3v) is 3.09. The molecule has 1 aliphatic heterocycles. The van der Waals surface area contributed by atoms with Crippen LogP contribution in [0.4, 0.5) is 17.6 Å². The molecule has 2 rings (SSSR count). The minimum atomic E-state index is 0.257. The van der Waals surface area contributed by atoms with Crippen LogP contribution < -0.4 is 16.4 Å². The van der Waals surface area contributed by atoms with Gasteiger partial charge in [-0.1, -0.05) is 6.92 Å². The maximum atomic E-state index is 5.67. The average Bonchev–Trinajstić information content (AvgIpc) is 2.41. The van der Waals surface area contributed by atoms with Crippen molar-refractivity contribution in [3.05, 3.63) is 6.07 Å². The van der Waals surface area contributed by atoms with E-state index in [0.717, 1.165) is 24.8 Å². The fraction of sp³-hybridized carbons (Fsp3) is 0.636. The summed E-state index contributed by atoms with van der Waals surface area (Å²) in [6.45, 7) is 4.35. The highest BCUT2D eigenvalue weighted by atomic mass is 15.2. The molecule has 1 fully saturated rings. The van der Waals surface area contributed by atoms with Gasteiger partial charge in [0.25, 0.3) is 0 Å². The molecule has 1 aromatic rings. The van der Waals surface area contributed by atoms with E-state index < -0.39 is 0 Å². The first kappa shape index (κ1) is 11.0. The van der Waals surface area contributed by atoms with Gasteiger partial charge in [0.05, 0.1) is 0 Å². The van der Waals surface area contributed by atoms with Gasteiger partial charge in [0, 0.05) is 19.2 Å². The first-order chi connectivity index (χ1) is 7.65. The largest absolute Gasteiger partial charge is 0.383 e. The zero-order chi connectivity index (χ0) is 11.5. The lowest BCUT2D eigenvalue weighted by molar-refractivity contribution is 0.521. The second-order valence-electron chi connectivity index (χ2n) is 4.53. The SMILES string of the molecule is CC1CCCN(c2cc(N)nc(N)n2)CC1. The van der Waals surface area contributed by atoms with Crippen LogP contribution in [0.25, 0.3) is 0 Å². The van der Waals surface area contributed by atoms with Gasteiger partial charge in [-0.3, -0.25) is 0 Å². The normalized spacial score (nSPS) is 21.8. The van der Waals surface area contributed by atoms with E-state index in [-0.39, 0.29) is 5.95 Å². The summed E-state index contributed by atoms with van der Waals surface area (Å²) in [5.74, 6) is 2.35. The molecule has 16 heavy (non-hydrogen) atoms. The van der Waals surface area contributed by atoms with Crippen LogP contribution in [0.3, 0.4) is 0 Å². The molecule has 0 aromatic carbocycles. The average molecular weight is 221 g/mol. The highest BCUT2D eigenvalue weighted by Gasteiger charge is 2.15. The first-order valence-corrected chi connectivity index (χ1v) is 5.80. The summed E-state index contributed by atoms with van der Waals surface area (Å²) in [4.78, 5) is 10.4. The lowest BCUT2D eigenvalue weighted by Crippen LogP contribution is -2.25. The van der Waals surface area contributed by atoms with E-state index in [1.807, 2.05) is 0 Å². The Morgan fingerprint density at radius 2 is 2.06 bits per heavy atom. The Labute approximate surface area is 95.9 Å². The monoisotopic (exact) mass is 221 g/mol. The van der Waals surface area contributed by atoms with Gasteiger partial charge in [-0.05, 0) is 25.2 Å². The van der Waals surface area contributed by atoms with Crippen LogP contribution in [0.1, 0.15) is 26.2 Å². The predicted molar refractivity (Wildman–Crippen MR) is 66.1 cm³/mol. The minimum absolute atomic E-state index is 0.257. The summed E-state index contributed by atoms with van der Waals surface area (Å²) in [6.07, 6.45) is 3.68. The van der Waals surface area contributed by atoms with Crippen LogP contribution in [0, 0.1) is 5.92 Å². The van der Waals surface area contributed by atoms with Crippen molar-refractivity contribution < 1.29 is 0 Å². The maximum absolute atomic E-state index is 5.67. The lowest BCUT2D eigenvalue weighted by atomic mass is 10.0. The van der Waals surface area contributed by atoms with Crippen molar-refractivity contribution in [2.45, 2.75) is 26.2 Å². The predicted octanol–water partition coefficient (Wildman–Crippen LogP) is 1.27. The van der Waals surface area contributed by atoms with Crippen molar-refractivity contribution in [2.24, 2.45) is 5.92 Å². The molecule has 0 saturated carbocycles. The van der Waals surface area contributed by atoms with Crippen LogP contribution in [-0.2, 0) is 0 Å². The number of anilines is 3. The quantitative estimate of drug-likeness (QED) is 0.746. The molecule has 5 heteroatoms. The molecular formula is C11H19N5. The fourth-order valence-electron chi connectivity index (χ4n) is 2.13. The van der Waals surface area contributed by atoms with Crippen molar-refractivity contribution in [1.29, 1.82) is 0 Å². The van der Waals surface area contributed by atoms with Crippen LogP contribution in [0.15, 0.2) is 6.07 Å². The molecule has 0 amide bonds. The Hall–Kier alpha value is -1.52. The van der Waals surface area contributed by atoms with Gasteiger partial charge in [-0.2, -0.15) is 9.97 Å². The van der Waals surface area contributed by atoms with Crippen LogP contribution >= 0.6 is 0 Å². The van der Waals surface area contributed by atoms with Crippen LogP contribution in [-0.4, -0.2) is 23.1 Å². The Morgan fingerprint density at radius 1 is 1.25 bits per heavy atom. The third kappa shape index (κ3) is 2.53. The summed E-state index contributed by atoms with van der Waals surface area (Å²) in [6, 6.07) is 1.80. The molecule has 2 heterocycles. The molecule has 0 bridgehead atoms. The zero-order valence-electron chi connectivity index (χ0n) is 9.69. The van der Waals surface area contributed by atoms with Crippen LogP contribution in [0.2, 0.25) is 0 Å². The van der Waals surface area contributed by atoms with Gasteiger partial charge in [0.2, 0.25) is 5.95 Å². The number of rotatable bonds is 1. The molecule has 1 aliphatic rings. The van der Waals surface area contributed by atoms with Gasteiger partial charge in [0.1, 0.15) is 11.6 Å². The molecule has 5 nitrogen and oxygen atoms in total. The van der Waals surface area contributed by atoms with E-state index in [1.165, 1.54) is 19.3 Å². The molecule has 1 unspecified atom stereocenters. The third-order valence-electron chi connectivity index (χ3n) is 3.09. The number of hydrogen-bond acceptors (Lipinski definition) is 5. The number of aromatic nitrogens is 2. The molecule has 1 aromatic heterocycles. The lowest BCUT2D eigenvalue weighted by Gasteiger charge is -2.21. The number of nitrogens with two attached hydrogens (primary N) is 2. The Morgan fingerprint density at radius 3 is 2.81 bits per heavy atom. The molecule has 1 saturated heterocycles. The van der Waals surface area contributed by atoms with E-state index >= 15 is 0 Å². The Balaban J connectivity index is 2.16. The summed E-state index contributed by atoms with van der Waals surface area (Å²) in [5, 5.41) is 0. The van der Waals surface area contributed by atoms with Gasteiger partial charge in [0.15, 0.2) is 0 Å². The van der Waals surface area contributed by atoms with Gasteiger partial charge in [-0.25, -0.2) is 0 Å². The molecule has 4 N–H and O–H groups in total. The smallest absolute Gasteiger partial charge is 0.223 e. The molecule has 0 aliphatic carbocycles. The van der Waals surface area contributed by atoms with Crippen molar-refractivity contribution in [2.75, 3.05) is 29.5 Å². The maximum Gasteiger partial charge on any atom is 0.223 e. The Bertz CT molecular complexity index is 345. The van der Waals surface area contributed by atoms with Gasteiger partial charge in [-0.15, -0.1) is 0 Å². The summed E-state index contributed by atoms with van der Waals surface area (Å²) < 4.78 is 0. The van der Waals surface area contributed by atoms with Crippen molar-refractivity contribution in [1.82, 2.24) is 9.97 Å². The van der Waals surface area contributed by atoms with E-state index in [9.17, 15) is 0 Å². The van der Waals surface area contributed by atoms with Crippen molar-refractivity contribution >= 4 is 17.6 Å². The number of nitrogens with zero attached hydrogens (tertiary/aromatic N) is 3. The minimum Gasteiger partial charge on any atom is -0.383 e. The van der Waals surface area contributed by atoms with E-state index in [0.29, 0.717) is 5.82 Å². The highest BCUT2D eigenvalue weighted by Crippen LogP contribution is 2.22. The van der Waals surface area contributed by atoms with E-state index in [4.69, 9.17) is 11.5 Å². The molecule has 0 spiro atoms. The summed E-state index contributed by atoms with van der Waals surface area (Å²) in [7, 11) is 0. The molecule has 0 radical (unpaired) electrons.